The summed E-state index contributed by atoms with van der Waals surface area (Å²) in [5, 5.41) is 22.3. The Hall–Kier alpha value is -1.59. The summed E-state index contributed by atoms with van der Waals surface area (Å²) in [6, 6.07) is 9.48. The van der Waals surface area contributed by atoms with Gasteiger partial charge >= 0.3 is 6.09 Å². The minimum Gasteiger partial charge on any atom is -0.445 e. The average molecular weight is 323 g/mol. The summed E-state index contributed by atoms with van der Waals surface area (Å²) in [4.78, 5) is 11.5. The average Bonchev–Trinajstić information content (AvgIpc) is 2.57. The zero-order valence-electron chi connectivity index (χ0n) is 13.9. The Balaban J connectivity index is 2.06. The zero-order chi connectivity index (χ0) is 16.9. The van der Waals surface area contributed by atoms with E-state index in [1.807, 2.05) is 30.3 Å². The molecule has 3 N–H and O–H groups in total. The molecule has 5 heteroatoms. The Morgan fingerprint density at radius 1 is 1.09 bits per heavy atom. The maximum Gasteiger partial charge on any atom is 0.407 e. The van der Waals surface area contributed by atoms with Crippen LogP contribution in [0.15, 0.2) is 30.3 Å². The number of ether oxygens (including phenoxy) is 1. The third kappa shape index (κ3) is 9.21. The van der Waals surface area contributed by atoms with Crippen molar-refractivity contribution >= 4 is 6.09 Å². The summed E-state index contributed by atoms with van der Waals surface area (Å²) >= 11 is 0. The Bertz CT molecular complexity index is 424. The van der Waals surface area contributed by atoms with E-state index in [9.17, 15) is 15.0 Å². The van der Waals surface area contributed by atoms with Crippen LogP contribution >= 0.6 is 0 Å². The molecule has 0 radical (unpaired) electrons. The number of alkyl carbamates (subject to hydrolysis) is 1. The van der Waals surface area contributed by atoms with E-state index in [0.29, 0.717) is 25.8 Å². The van der Waals surface area contributed by atoms with Crippen LogP contribution < -0.4 is 5.32 Å². The molecule has 1 amide bonds. The number of benzene rings is 1. The van der Waals surface area contributed by atoms with E-state index >= 15 is 0 Å². The van der Waals surface area contributed by atoms with E-state index in [2.05, 4.69) is 12.2 Å². The third-order valence-corrected chi connectivity index (χ3v) is 3.71. The van der Waals surface area contributed by atoms with Crippen LogP contribution in [0.4, 0.5) is 4.79 Å². The van der Waals surface area contributed by atoms with E-state index in [0.717, 1.165) is 24.8 Å². The van der Waals surface area contributed by atoms with Crippen molar-refractivity contribution < 1.29 is 19.7 Å². The molecule has 0 aliphatic rings. The fraction of sp³-hybridized carbons (Fsp3) is 0.611. The van der Waals surface area contributed by atoms with Crippen LogP contribution in [0.1, 0.15) is 51.0 Å². The molecule has 0 saturated carbocycles. The lowest BCUT2D eigenvalue weighted by Crippen LogP contribution is -2.29. The number of nitrogens with one attached hydrogen (secondary N) is 1. The second-order valence-electron chi connectivity index (χ2n) is 5.76. The Kier molecular flexibility index (Phi) is 10.1. The molecule has 5 nitrogen and oxygen atoms in total. The fourth-order valence-corrected chi connectivity index (χ4v) is 2.26. The molecule has 2 atom stereocenters. The Labute approximate surface area is 138 Å². The van der Waals surface area contributed by atoms with Crippen molar-refractivity contribution in [2.45, 2.75) is 64.3 Å². The third-order valence-electron chi connectivity index (χ3n) is 3.71. The lowest BCUT2D eigenvalue weighted by atomic mass is 10.0. The first-order valence-electron chi connectivity index (χ1n) is 8.44. The van der Waals surface area contributed by atoms with Crippen molar-refractivity contribution in [1.29, 1.82) is 0 Å². The van der Waals surface area contributed by atoms with E-state index in [1.54, 1.807) is 0 Å². The predicted molar refractivity (Wildman–Crippen MR) is 90.0 cm³/mol. The number of carbonyl (C=O) groups is 1. The van der Waals surface area contributed by atoms with E-state index in [4.69, 9.17) is 4.74 Å². The second kappa shape index (κ2) is 11.9. The fourth-order valence-electron chi connectivity index (χ4n) is 2.26. The summed E-state index contributed by atoms with van der Waals surface area (Å²) in [6.45, 7) is 2.77. The van der Waals surface area contributed by atoms with Crippen molar-refractivity contribution in [3.05, 3.63) is 35.9 Å². The van der Waals surface area contributed by atoms with Gasteiger partial charge in [0.1, 0.15) is 6.61 Å². The van der Waals surface area contributed by atoms with Gasteiger partial charge in [-0.05, 0) is 24.8 Å². The molecule has 0 aliphatic carbocycles. The van der Waals surface area contributed by atoms with Gasteiger partial charge < -0.3 is 20.3 Å². The van der Waals surface area contributed by atoms with Crippen molar-refractivity contribution in [3.8, 4) is 0 Å². The summed E-state index contributed by atoms with van der Waals surface area (Å²) in [5.41, 5.74) is 0.938. The molecule has 0 heterocycles. The van der Waals surface area contributed by atoms with Crippen molar-refractivity contribution in [2.24, 2.45) is 0 Å². The lowest BCUT2D eigenvalue weighted by molar-refractivity contribution is 0.00758. The number of hydrogen-bond acceptors (Lipinski definition) is 4. The first kappa shape index (κ1) is 19.5. The van der Waals surface area contributed by atoms with Crippen LogP contribution in [-0.2, 0) is 11.3 Å². The zero-order valence-corrected chi connectivity index (χ0v) is 13.9. The number of unbranched alkanes of at least 4 members (excludes halogenated alkanes) is 2. The molecule has 0 aromatic heterocycles. The summed E-state index contributed by atoms with van der Waals surface area (Å²) in [5.74, 6) is 0. The first-order valence-corrected chi connectivity index (χ1v) is 8.44. The van der Waals surface area contributed by atoms with E-state index in [1.165, 1.54) is 0 Å². The molecule has 0 unspecified atom stereocenters. The molecule has 23 heavy (non-hydrogen) atoms. The van der Waals surface area contributed by atoms with E-state index in [-0.39, 0.29) is 6.61 Å². The number of rotatable bonds is 11. The maximum atomic E-state index is 11.5. The van der Waals surface area contributed by atoms with Gasteiger partial charge in [0.15, 0.2) is 0 Å². The van der Waals surface area contributed by atoms with Gasteiger partial charge in [-0.1, -0.05) is 56.5 Å². The molecule has 1 rings (SSSR count). The van der Waals surface area contributed by atoms with Crippen LogP contribution in [0.3, 0.4) is 0 Å². The number of carbonyl (C=O) groups excluding carboxylic acids is 1. The van der Waals surface area contributed by atoms with E-state index < -0.39 is 18.3 Å². The molecular weight excluding hydrogens is 294 g/mol. The highest BCUT2D eigenvalue weighted by Gasteiger charge is 2.15. The summed E-state index contributed by atoms with van der Waals surface area (Å²) in [6.07, 6.45) is 2.92. The standard InChI is InChI=1S/C18H29NO4/c1-2-3-5-11-16(20)17(21)12-8-13-19-18(22)23-14-15-9-6-4-7-10-15/h4,6-7,9-10,16-17,20-21H,2-3,5,8,11-14H2,1H3,(H,19,22)/t16-,17+/m1/s1. The molecule has 0 aliphatic heterocycles. The molecule has 0 bridgehead atoms. The van der Waals surface area contributed by atoms with Crippen LogP contribution in [0.2, 0.25) is 0 Å². The van der Waals surface area contributed by atoms with Gasteiger partial charge in [-0.2, -0.15) is 0 Å². The summed E-state index contributed by atoms with van der Waals surface area (Å²) in [7, 11) is 0. The number of aliphatic hydroxyl groups excluding tert-OH is 2. The SMILES string of the molecule is CCCCC[C@@H](O)[C@@H](O)CCCNC(=O)OCc1ccccc1. The molecular formula is C18H29NO4. The maximum absolute atomic E-state index is 11.5. The largest absolute Gasteiger partial charge is 0.445 e. The minimum absolute atomic E-state index is 0.242. The van der Waals surface area contributed by atoms with Gasteiger partial charge in [0.25, 0.3) is 0 Å². The van der Waals surface area contributed by atoms with Crippen molar-refractivity contribution in [2.75, 3.05) is 6.54 Å². The topological polar surface area (TPSA) is 78.8 Å². The first-order chi connectivity index (χ1) is 11.1. The Morgan fingerprint density at radius 2 is 1.74 bits per heavy atom. The van der Waals surface area contributed by atoms with Crippen LogP contribution in [-0.4, -0.2) is 35.1 Å². The smallest absolute Gasteiger partial charge is 0.407 e. The molecule has 0 spiro atoms. The van der Waals surface area contributed by atoms with Gasteiger partial charge in [0, 0.05) is 6.54 Å². The number of hydrogen-bond donors (Lipinski definition) is 3. The van der Waals surface area contributed by atoms with Crippen LogP contribution in [0.25, 0.3) is 0 Å². The monoisotopic (exact) mass is 323 g/mol. The van der Waals surface area contributed by atoms with Crippen molar-refractivity contribution in [1.82, 2.24) is 5.32 Å². The van der Waals surface area contributed by atoms with Gasteiger partial charge in [-0.25, -0.2) is 4.79 Å². The highest BCUT2D eigenvalue weighted by Crippen LogP contribution is 2.10. The molecule has 0 fully saturated rings. The normalized spacial score (nSPS) is 13.3. The number of amides is 1. The minimum atomic E-state index is -0.728. The lowest BCUT2D eigenvalue weighted by Gasteiger charge is -2.17. The molecule has 0 saturated heterocycles. The summed E-state index contributed by atoms with van der Waals surface area (Å²) < 4.78 is 5.09. The Morgan fingerprint density at radius 3 is 2.39 bits per heavy atom. The highest BCUT2D eigenvalue weighted by atomic mass is 16.5. The van der Waals surface area contributed by atoms with Crippen LogP contribution in [0.5, 0.6) is 0 Å². The molecule has 130 valence electrons. The predicted octanol–water partition coefficient (Wildman–Crippen LogP) is 3.00. The van der Waals surface area contributed by atoms with Gasteiger partial charge in [0.05, 0.1) is 12.2 Å². The van der Waals surface area contributed by atoms with Gasteiger partial charge in [-0.15, -0.1) is 0 Å². The van der Waals surface area contributed by atoms with Gasteiger partial charge in [-0.3, -0.25) is 0 Å². The molecule has 1 aromatic rings. The highest BCUT2D eigenvalue weighted by molar-refractivity contribution is 5.67. The number of aliphatic hydroxyl groups is 2. The van der Waals surface area contributed by atoms with Gasteiger partial charge in [0.2, 0.25) is 0 Å². The quantitative estimate of drug-likeness (QED) is 0.547. The van der Waals surface area contributed by atoms with Crippen LogP contribution in [0, 0.1) is 0 Å². The van der Waals surface area contributed by atoms with Crippen molar-refractivity contribution in [3.63, 3.8) is 0 Å². The second-order valence-corrected chi connectivity index (χ2v) is 5.76. The molecule has 1 aromatic carbocycles.